The van der Waals surface area contributed by atoms with Crippen LogP contribution in [0.3, 0.4) is 0 Å². The highest BCUT2D eigenvalue weighted by Crippen LogP contribution is 2.18. The molecule has 1 atom stereocenters. The first-order valence-electron chi connectivity index (χ1n) is 9.43. The topological polar surface area (TPSA) is 76.7 Å². The molecule has 0 aliphatic carbocycles. The van der Waals surface area contributed by atoms with Crippen molar-refractivity contribution in [1.82, 2.24) is 10.9 Å². The van der Waals surface area contributed by atoms with Crippen molar-refractivity contribution in [3.05, 3.63) is 59.2 Å². The minimum absolute atomic E-state index is 0.249. The smallest absolute Gasteiger partial charge is 0.279 e. The van der Waals surface area contributed by atoms with Crippen molar-refractivity contribution in [2.75, 3.05) is 6.61 Å². The fourth-order valence-corrected chi connectivity index (χ4v) is 2.71. The van der Waals surface area contributed by atoms with Gasteiger partial charge in [-0.3, -0.25) is 20.4 Å². The quantitative estimate of drug-likeness (QED) is 0.685. The minimum atomic E-state index is -0.752. The Morgan fingerprint density at radius 1 is 1.00 bits per heavy atom. The van der Waals surface area contributed by atoms with Gasteiger partial charge in [-0.15, -0.1) is 0 Å². The maximum atomic E-state index is 12.1. The van der Waals surface area contributed by atoms with Crippen molar-refractivity contribution >= 4 is 11.8 Å². The highest BCUT2D eigenvalue weighted by Gasteiger charge is 2.15. The average Bonchev–Trinajstić information content (AvgIpc) is 2.67. The number of amides is 2. The number of benzene rings is 2. The van der Waals surface area contributed by atoms with Crippen LogP contribution in [-0.4, -0.2) is 24.5 Å². The lowest BCUT2D eigenvalue weighted by Gasteiger charge is -2.15. The molecule has 0 aliphatic rings. The van der Waals surface area contributed by atoms with Gasteiger partial charge in [-0.2, -0.15) is 0 Å². The number of hydrazine groups is 1. The molecule has 0 radical (unpaired) electrons. The number of ether oxygens (including phenoxy) is 2. The van der Waals surface area contributed by atoms with E-state index in [-0.39, 0.29) is 12.3 Å². The van der Waals surface area contributed by atoms with Gasteiger partial charge in [-0.1, -0.05) is 23.8 Å². The fourth-order valence-electron chi connectivity index (χ4n) is 2.71. The Balaban J connectivity index is 1.74. The molecule has 0 aliphatic heterocycles. The summed E-state index contributed by atoms with van der Waals surface area (Å²) in [5.74, 6) is 0.616. The first-order valence-corrected chi connectivity index (χ1v) is 9.43. The Morgan fingerprint density at radius 2 is 1.68 bits per heavy atom. The normalized spacial score (nSPS) is 11.4. The SMILES string of the molecule is CCOc1ccc(OC(C)C(=O)NNC(=O)CCc2ccc(C)cc2C)cc1. The second-order valence-corrected chi connectivity index (χ2v) is 6.63. The van der Waals surface area contributed by atoms with Gasteiger partial charge in [0.25, 0.3) is 5.91 Å². The summed E-state index contributed by atoms with van der Waals surface area (Å²) in [7, 11) is 0. The summed E-state index contributed by atoms with van der Waals surface area (Å²) in [5, 5.41) is 0. The summed E-state index contributed by atoms with van der Waals surface area (Å²) >= 11 is 0. The lowest BCUT2D eigenvalue weighted by Crippen LogP contribution is -2.47. The van der Waals surface area contributed by atoms with Crippen LogP contribution in [0.2, 0.25) is 0 Å². The summed E-state index contributed by atoms with van der Waals surface area (Å²) in [4.78, 5) is 24.1. The monoisotopic (exact) mass is 384 g/mol. The van der Waals surface area contributed by atoms with Gasteiger partial charge >= 0.3 is 0 Å². The molecule has 0 spiro atoms. The van der Waals surface area contributed by atoms with Crippen molar-refractivity contribution in [1.29, 1.82) is 0 Å². The molecule has 0 saturated carbocycles. The first kappa shape index (κ1) is 21.3. The predicted molar refractivity (Wildman–Crippen MR) is 108 cm³/mol. The number of rotatable bonds is 8. The van der Waals surface area contributed by atoms with Gasteiger partial charge in [0, 0.05) is 6.42 Å². The number of hydrogen-bond acceptors (Lipinski definition) is 4. The second-order valence-electron chi connectivity index (χ2n) is 6.63. The molecule has 0 heterocycles. The van der Waals surface area contributed by atoms with Crippen LogP contribution in [-0.2, 0) is 16.0 Å². The van der Waals surface area contributed by atoms with Gasteiger partial charge in [-0.25, -0.2) is 0 Å². The Labute approximate surface area is 166 Å². The van der Waals surface area contributed by atoms with E-state index >= 15 is 0 Å². The number of carbonyl (C=O) groups excluding carboxylic acids is 2. The third-order valence-electron chi connectivity index (χ3n) is 4.26. The molecule has 150 valence electrons. The van der Waals surface area contributed by atoms with Gasteiger partial charge < -0.3 is 9.47 Å². The van der Waals surface area contributed by atoms with E-state index in [4.69, 9.17) is 9.47 Å². The maximum Gasteiger partial charge on any atom is 0.279 e. The molecule has 0 aromatic heterocycles. The van der Waals surface area contributed by atoms with E-state index in [1.54, 1.807) is 31.2 Å². The van der Waals surface area contributed by atoms with E-state index in [2.05, 4.69) is 16.9 Å². The summed E-state index contributed by atoms with van der Waals surface area (Å²) in [5.41, 5.74) is 8.32. The second kappa shape index (κ2) is 10.3. The molecule has 2 rings (SSSR count). The molecule has 0 saturated heterocycles. The van der Waals surface area contributed by atoms with Crippen molar-refractivity contribution in [3.8, 4) is 11.5 Å². The summed E-state index contributed by atoms with van der Waals surface area (Å²) in [6.07, 6.45) is 0.155. The summed E-state index contributed by atoms with van der Waals surface area (Å²) in [6.45, 7) is 8.18. The van der Waals surface area contributed by atoms with E-state index in [1.165, 1.54) is 5.56 Å². The van der Waals surface area contributed by atoms with Gasteiger partial charge in [0.15, 0.2) is 6.10 Å². The van der Waals surface area contributed by atoms with Crippen LogP contribution in [0.25, 0.3) is 0 Å². The van der Waals surface area contributed by atoms with Gasteiger partial charge in [-0.05, 0) is 69.5 Å². The molecule has 6 heteroatoms. The van der Waals surface area contributed by atoms with E-state index in [9.17, 15) is 9.59 Å². The molecule has 6 nitrogen and oxygen atoms in total. The van der Waals surface area contributed by atoms with Gasteiger partial charge in [0.05, 0.1) is 6.61 Å². The number of carbonyl (C=O) groups is 2. The molecule has 0 bridgehead atoms. The fraction of sp³-hybridized carbons (Fsp3) is 0.364. The Kier molecular flexibility index (Phi) is 7.87. The van der Waals surface area contributed by atoms with Crippen molar-refractivity contribution in [3.63, 3.8) is 0 Å². The zero-order valence-electron chi connectivity index (χ0n) is 16.9. The number of nitrogens with one attached hydrogen (secondary N) is 2. The van der Waals surface area contributed by atoms with Gasteiger partial charge in [0.2, 0.25) is 5.91 Å². The first-order chi connectivity index (χ1) is 13.4. The Morgan fingerprint density at radius 3 is 2.32 bits per heavy atom. The summed E-state index contributed by atoms with van der Waals surface area (Å²) < 4.78 is 10.9. The highest BCUT2D eigenvalue weighted by molar-refractivity contribution is 5.84. The van der Waals surface area contributed by atoms with Crippen molar-refractivity contribution in [2.45, 2.75) is 46.6 Å². The number of aryl methyl sites for hydroxylation is 3. The molecular weight excluding hydrogens is 356 g/mol. The lowest BCUT2D eigenvalue weighted by atomic mass is 10.0. The zero-order valence-corrected chi connectivity index (χ0v) is 16.9. The molecule has 1 unspecified atom stereocenters. The summed E-state index contributed by atoms with van der Waals surface area (Å²) in [6, 6.07) is 13.2. The lowest BCUT2D eigenvalue weighted by molar-refractivity contribution is -0.132. The van der Waals surface area contributed by atoms with Crippen LogP contribution in [0.15, 0.2) is 42.5 Å². The zero-order chi connectivity index (χ0) is 20.5. The van der Waals surface area contributed by atoms with Crippen LogP contribution >= 0.6 is 0 Å². The molecule has 0 fully saturated rings. The minimum Gasteiger partial charge on any atom is -0.494 e. The van der Waals surface area contributed by atoms with E-state index < -0.39 is 12.0 Å². The third-order valence-corrected chi connectivity index (χ3v) is 4.26. The van der Waals surface area contributed by atoms with Crippen LogP contribution in [0.1, 0.15) is 37.0 Å². The maximum absolute atomic E-state index is 12.1. The van der Waals surface area contributed by atoms with Crippen LogP contribution < -0.4 is 20.3 Å². The number of hydrogen-bond donors (Lipinski definition) is 2. The molecule has 2 amide bonds. The Bertz CT molecular complexity index is 803. The Hall–Kier alpha value is -3.02. The van der Waals surface area contributed by atoms with E-state index in [0.29, 0.717) is 18.8 Å². The van der Waals surface area contributed by atoms with Crippen LogP contribution in [0, 0.1) is 13.8 Å². The van der Waals surface area contributed by atoms with Crippen LogP contribution in [0.4, 0.5) is 0 Å². The van der Waals surface area contributed by atoms with Crippen molar-refractivity contribution in [2.24, 2.45) is 0 Å². The average molecular weight is 384 g/mol. The molecule has 28 heavy (non-hydrogen) atoms. The van der Waals surface area contributed by atoms with E-state index in [1.807, 2.05) is 32.9 Å². The largest absolute Gasteiger partial charge is 0.494 e. The predicted octanol–water partition coefficient (Wildman–Crippen LogP) is 3.25. The van der Waals surface area contributed by atoms with Gasteiger partial charge in [0.1, 0.15) is 11.5 Å². The third kappa shape index (κ3) is 6.61. The molecule has 2 N–H and O–H groups in total. The van der Waals surface area contributed by atoms with E-state index in [0.717, 1.165) is 16.9 Å². The van der Waals surface area contributed by atoms with Crippen LogP contribution in [0.5, 0.6) is 11.5 Å². The molecular formula is C22H28N2O4. The molecule has 2 aromatic carbocycles. The standard InChI is InChI=1S/C22H28N2O4/c1-5-27-19-9-11-20(12-10-19)28-17(4)22(26)24-23-21(25)13-8-18-7-6-15(2)14-16(18)3/h6-7,9-12,14,17H,5,8,13H2,1-4H3,(H,23,25)(H,24,26). The molecule has 2 aromatic rings. The highest BCUT2D eigenvalue weighted by atomic mass is 16.5. The van der Waals surface area contributed by atoms with Crippen molar-refractivity contribution < 1.29 is 19.1 Å².